The van der Waals surface area contributed by atoms with E-state index < -0.39 is 16.9 Å². The summed E-state index contributed by atoms with van der Waals surface area (Å²) in [5, 5.41) is 11.3. The normalized spacial score (nSPS) is 12.0. The fourth-order valence-electron chi connectivity index (χ4n) is 3.13. The van der Waals surface area contributed by atoms with Gasteiger partial charge in [0.15, 0.2) is 0 Å². The van der Waals surface area contributed by atoms with Gasteiger partial charge < -0.3 is 10.5 Å². The Balaban J connectivity index is 1.73. The Morgan fingerprint density at radius 2 is 2.03 bits per heavy atom. The number of hydrogen-bond donors (Lipinski definition) is 1. The summed E-state index contributed by atoms with van der Waals surface area (Å²) < 4.78 is 7.84. The molecular weight excluding hydrogens is 392 g/mol. The lowest BCUT2D eigenvalue weighted by Gasteiger charge is -2.14. The van der Waals surface area contributed by atoms with E-state index in [9.17, 15) is 14.9 Å². The van der Waals surface area contributed by atoms with Gasteiger partial charge in [-0.05, 0) is 25.1 Å². The van der Waals surface area contributed by atoms with Crippen molar-refractivity contribution < 1.29 is 14.5 Å². The van der Waals surface area contributed by atoms with Crippen molar-refractivity contribution in [2.24, 2.45) is 5.73 Å². The highest BCUT2D eigenvalue weighted by atomic mass is 32.1. The molecule has 146 valence electrons. The van der Waals surface area contributed by atoms with Crippen molar-refractivity contribution in [2.75, 3.05) is 0 Å². The first-order valence-corrected chi connectivity index (χ1v) is 9.53. The number of aromatic nitrogens is 2. The zero-order chi connectivity index (χ0) is 20.5. The van der Waals surface area contributed by atoms with Crippen LogP contribution in [0.25, 0.3) is 16.2 Å². The Morgan fingerprint density at radius 1 is 1.28 bits per heavy atom. The van der Waals surface area contributed by atoms with Crippen molar-refractivity contribution in [1.29, 1.82) is 0 Å². The molecule has 0 aliphatic carbocycles. The highest BCUT2D eigenvalue weighted by Crippen LogP contribution is 2.39. The smallest absolute Gasteiger partial charge is 0.276 e. The Hall–Kier alpha value is -3.72. The highest BCUT2D eigenvalue weighted by Gasteiger charge is 2.24. The number of ether oxygens (including phenoxy) is 1. The third-order valence-corrected chi connectivity index (χ3v) is 5.62. The van der Waals surface area contributed by atoms with Gasteiger partial charge >= 0.3 is 0 Å². The van der Waals surface area contributed by atoms with Crippen molar-refractivity contribution in [3.05, 3.63) is 81.5 Å². The number of nitrogens with two attached hydrogens (primary N) is 1. The molecule has 0 aliphatic rings. The van der Waals surface area contributed by atoms with Gasteiger partial charge in [0.25, 0.3) is 11.6 Å². The standard InChI is InChI=1S/C20H16N4O4S/c1-12(13-6-2-3-7-14(13)24(26)27)28-16-10-17(29-19(16)20(21)25)15-11-22-18-8-4-5-9-23(15)18/h2-12H,1H3,(H2,21,25). The molecule has 4 aromatic rings. The summed E-state index contributed by atoms with van der Waals surface area (Å²) in [5.41, 5.74) is 7.48. The van der Waals surface area contributed by atoms with E-state index in [1.807, 2.05) is 28.8 Å². The molecule has 0 fully saturated rings. The maximum atomic E-state index is 12.0. The summed E-state index contributed by atoms with van der Waals surface area (Å²) in [6, 6.07) is 13.7. The number of nitrogens with zero attached hydrogens (tertiary/aromatic N) is 3. The van der Waals surface area contributed by atoms with Crippen molar-refractivity contribution in [2.45, 2.75) is 13.0 Å². The fourth-order valence-corrected chi connectivity index (χ4v) is 4.08. The van der Waals surface area contributed by atoms with Crippen LogP contribution in [0, 0.1) is 10.1 Å². The summed E-state index contributed by atoms with van der Waals surface area (Å²) in [6.07, 6.45) is 2.93. The predicted octanol–water partition coefficient (Wildman–Crippen LogP) is 4.21. The van der Waals surface area contributed by atoms with Crippen LogP contribution in [0.4, 0.5) is 5.69 Å². The van der Waals surface area contributed by atoms with Crippen LogP contribution in [-0.2, 0) is 0 Å². The molecule has 29 heavy (non-hydrogen) atoms. The van der Waals surface area contributed by atoms with Crippen LogP contribution in [0.2, 0.25) is 0 Å². The average molecular weight is 408 g/mol. The van der Waals surface area contributed by atoms with Crippen LogP contribution in [0.5, 0.6) is 5.75 Å². The third kappa shape index (κ3) is 3.43. The van der Waals surface area contributed by atoms with Gasteiger partial charge in [0.1, 0.15) is 22.4 Å². The molecule has 0 spiro atoms. The molecule has 3 aromatic heterocycles. The number of pyridine rings is 1. The summed E-state index contributed by atoms with van der Waals surface area (Å²) >= 11 is 1.19. The quantitative estimate of drug-likeness (QED) is 0.379. The summed E-state index contributed by atoms with van der Waals surface area (Å²) in [6.45, 7) is 1.69. The van der Waals surface area contributed by atoms with Crippen LogP contribution in [0.15, 0.2) is 60.9 Å². The second kappa shape index (κ2) is 7.36. The lowest BCUT2D eigenvalue weighted by Crippen LogP contribution is -2.12. The van der Waals surface area contributed by atoms with Gasteiger partial charge in [0.2, 0.25) is 0 Å². The topological polar surface area (TPSA) is 113 Å². The van der Waals surface area contributed by atoms with Crippen molar-refractivity contribution >= 4 is 28.6 Å². The fraction of sp³-hybridized carbons (Fsp3) is 0.100. The van der Waals surface area contributed by atoms with Crippen LogP contribution in [0.3, 0.4) is 0 Å². The first-order chi connectivity index (χ1) is 14.0. The van der Waals surface area contributed by atoms with Crippen molar-refractivity contribution in [3.63, 3.8) is 0 Å². The maximum absolute atomic E-state index is 12.0. The molecule has 2 N–H and O–H groups in total. The monoisotopic (exact) mass is 408 g/mol. The molecule has 9 heteroatoms. The molecule has 1 unspecified atom stereocenters. The lowest BCUT2D eigenvalue weighted by atomic mass is 10.1. The van der Waals surface area contributed by atoms with Gasteiger partial charge in [-0.3, -0.25) is 19.3 Å². The number of thiophene rings is 1. The first-order valence-electron chi connectivity index (χ1n) is 8.71. The number of rotatable bonds is 6. The molecular formula is C20H16N4O4S. The number of benzene rings is 1. The van der Waals surface area contributed by atoms with E-state index in [1.54, 1.807) is 37.4 Å². The zero-order valence-corrected chi connectivity index (χ0v) is 16.1. The van der Waals surface area contributed by atoms with E-state index in [0.717, 1.165) is 16.2 Å². The molecule has 3 heterocycles. The molecule has 8 nitrogen and oxygen atoms in total. The van der Waals surface area contributed by atoms with Gasteiger partial charge in [0.05, 0.1) is 27.3 Å². The number of imidazole rings is 1. The maximum Gasteiger partial charge on any atom is 0.276 e. The minimum atomic E-state index is -0.653. The van der Waals surface area contributed by atoms with Gasteiger partial charge in [-0.2, -0.15) is 0 Å². The van der Waals surface area contributed by atoms with E-state index in [4.69, 9.17) is 10.5 Å². The minimum Gasteiger partial charge on any atom is -0.484 e. The molecule has 1 amide bonds. The van der Waals surface area contributed by atoms with Crippen LogP contribution in [0.1, 0.15) is 28.3 Å². The van der Waals surface area contributed by atoms with E-state index in [-0.39, 0.29) is 16.3 Å². The van der Waals surface area contributed by atoms with Crippen LogP contribution < -0.4 is 10.5 Å². The molecule has 4 rings (SSSR count). The lowest BCUT2D eigenvalue weighted by molar-refractivity contribution is -0.386. The number of para-hydroxylation sites is 1. The number of carbonyl (C=O) groups is 1. The molecule has 1 atom stereocenters. The van der Waals surface area contributed by atoms with Gasteiger partial charge in [0, 0.05) is 18.3 Å². The second-order valence-corrected chi connectivity index (χ2v) is 7.37. The minimum absolute atomic E-state index is 0.0436. The summed E-state index contributed by atoms with van der Waals surface area (Å²) in [7, 11) is 0. The molecule has 0 radical (unpaired) electrons. The zero-order valence-electron chi connectivity index (χ0n) is 15.3. The number of fused-ring (bicyclic) bond motifs is 1. The number of carbonyl (C=O) groups excluding carboxylic acids is 1. The molecule has 1 aromatic carbocycles. The number of primary amides is 1. The van der Waals surface area contributed by atoms with Crippen molar-refractivity contribution in [3.8, 4) is 16.3 Å². The number of hydrogen-bond acceptors (Lipinski definition) is 6. The van der Waals surface area contributed by atoms with Crippen molar-refractivity contribution in [1.82, 2.24) is 9.38 Å². The Morgan fingerprint density at radius 3 is 2.79 bits per heavy atom. The molecule has 0 saturated heterocycles. The largest absolute Gasteiger partial charge is 0.484 e. The Labute approximate surface area is 169 Å². The molecule has 0 saturated carbocycles. The summed E-state index contributed by atoms with van der Waals surface area (Å²) in [4.78, 5) is 28.2. The number of amides is 1. The average Bonchev–Trinajstić information content (AvgIpc) is 3.32. The number of nitro benzene ring substituents is 1. The van der Waals surface area contributed by atoms with Gasteiger partial charge in [-0.15, -0.1) is 11.3 Å². The second-order valence-electron chi connectivity index (χ2n) is 6.32. The SMILES string of the molecule is CC(Oc1cc(-c2cnc3ccccn23)sc1C(N)=O)c1ccccc1[N+](=O)[O-]. The van der Waals surface area contributed by atoms with Gasteiger partial charge in [-0.1, -0.05) is 18.2 Å². The molecule has 0 bridgehead atoms. The van der Waals surface area contributed by atoms with Crippen LogP contribution >= 0.6 is 11.3 Å². The Kier molecular flexibility index (Phi) is 4.73. The van der Waals surface area contributed by atoms with E-state index in [2.05, 4.69) is 4.98 Å². The van der Waals surface area contributed by atoms with Gasteiger partial charge in [-0.25, -0.2) is 4.98 Å². The van der Waals surface area contributed by atoms with Crippen LogP contribution in [-0.4, -0.2) is 20.2 Å². The highest BCUT2D eigenvalue weighted by molar-refractivity contribution is 7.17. The summed E-state index contributed by atoms with van der Waals surface area (Å²) in [5.74, 6) is -0.339. The van der Waals surface area contributed by atoms with E-state index in [0.29, 0.717) is 5.56 Å². The van der Waals surface area contributed by atoms with E-state index >= 15 is 0 Å². The molecule has 0 aliphatic heterocycles. The third-order valence-electron chi connectivity index (χ3n) is 4.47. The first kappa shape index (κ1) is 18.6. The predicted molar refractivity (Wildman–Crippen MR) is 109 cm³/mol. The number of nitro groups is 1. The Bertz CT molecular complexity index is 1230. The van der Waals surface area contributed by atoms with E-state index in [1.165, 1.54) is 17.4 Å².